The summed E-state index contributed by atoms with van der Waals surface area (Å²) in [6.45, 7) is 25.7. The molecule has 0 radical (unpaired) electrons. The van der Waals surface area contributed by atoms with Gasteiger partial charge in [-0.1, -0.05) is 83.1 Å². The molecule has 0 atom stereocenters. The first-order valence-corrected chi connectivity index (χ1v) is 11.3. The molecule has 1 aliphatic carbocycles. The number of ketones is 1. The Morgan fingerprint density at radius 3 is 1.29 bits per heavy atom. The average Bonchev–Trinajstić information content (AvgIpc) is 2.53. The van der Waals surface area contributed by atoms with Crippen molar-refractivity contribution in [1.29, 1.82) is 0 Å². The van der Waals surface area contributed by atoms with Crippen molar-refractivity contribution in [3.63, 3.8) is 0 Å². The summed E-state index contributed by atoms with van der Waals surface area (Å²) in [5.41, 5.74) is 5.49. The van der Waals surface area contributed by atoms with E-state index in [1.807, 2.05) is 0 Å². The van der Waals surface area contributed by atoms with Gasteiger partial charge in [-0.15, -0.1) is 0 Å². The predicted octanol–water partition coefficient (Wildman–Crippen LogP) is 7.90. The molecule has 31 heavy (non-hydrogen) atoms. The van der Waals surface area contributed by atoms with Gasteiger partial charge in [0.1, 0.15) is 5.75 Å². The summed E-state index contributed by atoms with van der Waals surface area (Å²) >= 11 is 0. The molecule has 1 aliphatic rings. The van der Waals surface area contributed by atoms with E-state index in [1.165, 1.54) is 0 Å². The zero-order valence-corrected chi connectivity index (χ0v) is 21.7. The van der Waals surface area contributed by atoms with Gasteiger partial charge in [0.05, 0.1) is 0 Å². The Kier molecular flexibility index (Phi) is 6.33. The molecule has 0 fully saturated rings. The highest BCUT2D eigenvalue weighted by Gasteiger charge is 2.33. The van der Waals surface area contributed by atoms with Gasteiger partial charge in [-0.3, -0.25) is 4.79 Å². The molecule has 0 spiro atoms. The lowest BCUT2D eigenvalue weighted by atomic mass is 9.69. The largest absolute Gasteiger partial charge is 0.507 e. The fourth-order valence-corrected chi connectivity index (χ4v) is 4.07. The van der Waals surface area contributed by atoms with Gasteiger partial charge in [0, 0.05) is 11.1 Å². The SMILES string of the molecule is CC(C)(C)C1=CC(=O)C=C(C(C)(C)C)C1=Cc1cc(C(C)(C)C)c(O)c(C(C)(C)C)c1. The van der Waals surface area contributed by atoms with E-state index in [1.54, 1.807) is 12.2 Å². The van der Waals surface area contributed by atoms with E-state index in [2.05, 4.69) is 101 Å². The van der Waals surface area contributed by atoms with Crippen LogP contribution in [0.3, 0.4) is 0 Å². The maximum Gasteiger partial charge on any atom is 0.179 e. The van der Waals surface area contributed by atoms with E-state index in [4.69, 9.17) is 0 Å². The van der Waals surface area contributed by atoms with E-state index < -0.39 is 0 Å². The molecule has 0 saturated carbocycles. The minimum absolute atomic E-state index is 0.0588. The highest BCUT2D eigenvalue weighted by molar-refractivity contribution is 6.04. The van der Waals surface area contributed by atoms with Crippen LogP contribution >= 0.6 is 0 Å². The van der Waals surface area contributed by atoms with Crippen LogP contribution in [0.1, 0.15) is 99.8 Å². The van der Waals surface area contributed by atoms with Gasteiger partial charge in [-0.2, -0.15) is 0 Å². The van der Waals surface area contributed by atoms with Crippen LogP contribution in [0.2, 0.25) is 0 Å². The van der Waals surface area contributed by atoms with Gasteiger partial charge in [-0.25, -0.2) is 0 Å². The minimum Gasteiger partial charge on any atom is -0.507 e. The molecule has 0 saturated heterocycles. The van der Waals surface area contributed by atoms with Crippen LogP contribution in [0.15, 0.2) is 41.0 Å². The first kappa shape index (κ1) is 25.2. The summed E-state index contributed by atoms with van der Waals surface area (Å²) in [4.78, 5) is 12.6. The Morgan fingerprint density at radius 1 is 0.645 bits per heavy atom. The second kappa shape index (κ2) is 7.80. The molecular formula is C29H42O2. The van der Waals surface area contributed by atoms with Crippen molar-refractivity contribution in [2.75, 3.05) is 0 Å². The number of phenolic OH excluding ortho intramolecular Hbond substituents is 1. The Morgan fingerprint density at radius 2 is 1.00 bits per heavy atom. The number of aromatic hydroxyl groups is 1. The number of phenols is 1. The lowest BCUT2D eigenvalue weighted by Gasteiger charge is -2.35. The molecule has 2 rings (SSSR count). The molecule has 1 aromatic rings. The normalized spacial score (nSPS) is 16.3. The minimum atomic E-state index is -0.188. The van der Waals surface area contributed by atoms with E-state index in [-0.39, 0.29) is 27.4 Å². The lowest BCUT2D eigenvalue weighted by Crippen LogP contribution is -2.23. The van der Waals surface area contributed by atoms with Crippen LogP contribution in [-0.2, 0) is 15.6 Å². The maximum absolute atomic E-state index is 12.6. The molecule has 1 aromatic carbocycles. The quantitative estimate of drug-likeness (QED) is 0.499. The standard InChI is InChI=1S/C29H42O2/c1-26(2,3)21-16-19(30)17-22(27(4,5)6)20(21)13-18-14-23(28(7,8)9)25(31)24(15-18)29(10,11)12/h13-17,31H,1-12H3. The van der Waals surface area contributed by atoms with Gasteiger partial charge in [0.15, 0.2) is 5.78 Å². The molecule has 2 nitrogen and oxygen atoms in total. The lowest BCUT2D eigenvalue weighted by molar-refractivity contribution is -0.110. The highest BCUT2D eigenvalue weighted by Crippen LogP contribution is 2.45. The van der Waals surface area contributed by atoms with Gasteiger partial charge in [0.2, 0.25) is 0 Å². The molecule has 0 heterocycles. The summed E-state index contributed by atoms with van der Waals surface area (Å²) in [6, 6.07) is 4.21. The van der Waals surface area contributed by atoms with Gasteiger partial charge in [-0.05, 0) is 74.3 Å². The topological polar surface area (TPSA) is 37.3 Å². The first-order chi connectivity index (χ1) is 13.7. The third kappa shape index (κ3) is 5.59. The number of hydrogen-bond acceptors (Lipinski definition) is 2. The fourth-order valence-electron chi connectivity index (χ4n) is 4.07. The molecule has 0 aromatic heterocycles. The zero-order valence-electron chi connectivity index (χ0n) is 21.7. The number of carbonyl (C=O) groups is 1. The number of rotatable bonds is 1. The summed E-state index contributed by atoms with van der Waals surface area (Å²) < 4.78 is 0. The molecule has 2 heteroatoms. The molecule has 1 N–H and O–H groups in total. The van der Waals surface area contributed by atoms with E-state index >= 15 is 0 Å². The van der Waals surface area contributed by atoms with Crippen molar-refractivity contribution in [3.05, 3.63) is 57.7 Å². The summed E-state index contributed by atoms with van der Waals surface area (Å²) in [7, 11) is 0. The van der Waals surface area contributed by atoms with Crippen LogP contribution in [0.4, 0.5) is 0 Å². The second-order valence-corrected chi connectivity index (χ2v) is 13.0. The Balaban J connectivity index is 2.90. The number of hydrogen-bond donors (Lipinski definition) is 1. The molecule has 0 amide bonds. The van der Waals surface area contributed by atoms with Crippen molar-refractivity contribution < 1.29 is 9.90 Å². The monoisotopic (exact) mass is 422 g/mol. The summed E-state index contributed by atoms with van der Waals surface area (Å²) in [6.07, 6.45) is 5.79. The van der Waals surface area contributed by atoms with Crippen LogP contribution < -0.4 is 0 Å². The Hall–Kier alpha value is -2.09. The van der Waals surface area contributed by atoms with Crippen molar-refractivity contribution in [2.24, 2.45) is 10.8 Å². The van der Waals surface area contributed by atoms with Crippen molar-refractivity contribution in [1.82, 2.24) is 0 Å². The van der Waals surface area contributed by atoms with Crippen molar-refractivity contribution in [2.45, 2.75) is 93.9 Å². The zero-order chi connectivity index (χ0) is 24.2. The van der Waals surface area contributed by atoms with E-state index in [0.717, 1.165) is 33.4 Å². The van der Waals surface area contributed by atoms with Gasteiger partial charge in [0.25, 0.3) is 0 Å². The van der Waals surface area contributed by atoms with Crippen LogP contribution in [-0.4, -0.2) is 10.9 Å². The summed E-state index contributed by atoms with van der Waals surface area (Å²) in [5.74, 6) is 0.447. The smallest absolute Gasteiger partial charge is 0.179 e. The second-order valence-electron chi connectivity index (χ2n) is 13.0. The van der Waals surface area contributed by atoms with E-state index in [9.17, 15) is 9.90 Å². The number of allylic oxidation sites excluding steroid dienone is 5. The van der Waals surface area contributed by atoms with Crippen LogP contribution in [0.25, 0.3) is 6.08 Å². The number of carbonyl (C=O) groups excluding carboxylic acids is 1. The van der Waals surface area contributed by atoms with E-state index in [0.29, 0.717) is 5.75 Å². The third-order valence-electron chi connectivity index (χ3n) is 5.83. The van der Waals surface area contributed by atoms with Crippen molar-refractivity contribution in [3.8, 4) is 5.75 Å². The third-order valence-corrected chi connectivity index (χ3v) is 5.83. The average molecular weight is 423 g/mol. The van der Waals surface area contributed by atoms with Crippen molar-refractivity contribution >= 4 is 11.9 Å². The fraction of sp³-hybridized carbons (Fsp3) is 0.552. The maximum atomic E-state index is 12.6. The molecule has 0 unspecified atom stereocenters. The number of benzene rings is 1. The highest BCUT2D eigenvalue weighted by atomic mass is 16.3. The molecule has 170 valence electrons. The Bertz CT molecular complexity index is 899. The van der Waals surface area contributed by atoms with Crippen LogP contribution in [0, 0.1) is 10.8 Å². The first-order valence-electron chi connectivity index (χ1n) is 11.3. The molecule has 0 aliphatic heterocycles. The molecule has 0 bridgehead atoms. The molecular weight excluding hydrogens is 380 g/mol. The van der Waals surface area contributed by atoms with Crippen LogP contribution in [0.5, 0.6) is 5.75 Å². The van der Waals surface area contributed by atoms with Gasteiger partial charge < -0.3 is 5.11 Å². The summed E-state index contributed by atoms with van der Waals surface area (Å²) in [5, 5.41) is 11.1. The van der Waals surface area contributed by atoms with Gasteiger partial charge >= 0.3 is 0 Å². The Labute approximate surface area is 190 Å². The predicted molar refractivity (Wildman–Crippen MR) is 134 cm³/mol.